The molecule has 0 saturated carbocycles. The molecule has 8 nitrogen and oxygen atoms in total. The highest BCUT2D eigenvalue weighted by Crippen LogP contribution is 2.33. The van der Waals surface area contributed by atoms with Gasteiger partial charge in [-0.1, -0.05) is 6.07 Å². The van der Waals surface area contributed by atoms with Gasteiger partial charge in [0, 0.05) is 74.8 Å². The predicted molar refractivity (Wildman–Crippen MR) is 146 cm³/mol. The minimum atomic E-state index is 0.309. The molecule has 1 amide bonds. The summed E-state index contributed by atoms with van der Waals surface area (Å²) in [5.74, 6) is 1.80. The fourth-order valence-corrected chi connectivity index (χ4v) is 5.54. The number of aromatic nitrogens is 4. The molecule has 190 valence electrons. The molecule has 4 aromatic rings. The molecule has 0 atom stereocenters. The Kier molecular flexibility index (Phi) is 6.57. The largest absolute Gasteiger partial charge is 0.353 e. The highest BCUT2D eigenvalue weighted by molar-refractivity contribution is 5.98. The molecule has 2 fully saturated rings. The van der Waals surface area contributed by atoms with Crippen molar-refractivity contribution in [1.82, 2.24) is 30.0 Å². The zero-order chi connectivity index (χ0) is 25.2. The SMILES string of the molecule is Cn1cc(-c2cc(-c3ccc(N4CCN(C(=O)CC5CCNCC5)CC4)nc3)c3cccnc3c2)cn1. The third-order valence-electron chi connectivity index (χ3n) is 7.70. The molecule has 2 saturated heterocycles. The minimum Gasteiger partial charge on any atom is -0.353 e. The number of hydrogen-bond acceptors (Lipinski definition) is 6. The van der Waals surface area contributed by atoms with E-state index < -0.39 is 0 Å². The quantitative estimate of drug-likeness (QED) is 0.455. The zero-order valence-electron chi connectivity index (χ0n) is 21.3. The summed E-state index contributed by atoms with van der Waals surface area (Å²) in [7, 11) is 1.93. The number of benzene rings is 1. The predicted octanol–water partition coefficient (Wildman–Crippen LogP) is 3.74. The van der Waals surface area contributed by atoms with Crippen molar-refractivity contribution >= 4 is 22.6 Å². The first-order valence-electron chi connectivity index (χ1n) is 13.2. The van der Waals surface area contributed by atoms with Crippen LogP contribution in [0.1, 0.15) is 19.3 Å². The van der Waals surface area contributed by atoms with E-state index in [1.54, 1.807) is 0 Å². The number of amides is 1. The Labute approximate surface area is 217 Å². The second kappa shape index (κ2) is 10.3. The van der Waals surface area contributed by atoms with E-state index >= 15 is 0 Å². The van der Waals surface area contributed by atoms with Crippen molar-refractivity contribution in [2.45, 2.75) is 19.3 Å². The number of carbonyl (C=O) groups excluding carboxylic acids is 1. The lowest BCUT2D eigenvalue weighted by atomic mass is 9.94. The van der Waals surface area contributed by atoms with E-state index in [1.807, 2.05) is 47.5 Å². The van der Waals surface area contributed by atoms with E-state index in [4.69, 9.17) is 4.98 Å². The number of piperazine rings is 1. The van der Waals surface area contributed by atoms with Crippen molar-refractivity contribution in [2.75, 3.05) is 44.2 Å². The number of aryl methyl sites for hydroxylation is 1. The molecule has 2 aliphatic heterocycles. The Balaban J connectivity index is 1.17. The summed E-state index contributed by atoms with van der Waals surface area (Å²) in [6.07, 6.45) is 10.6. The fraction of sp³-hybridized carbons (Fsp3) is 0.379. The minimum absolute atomic E-state index is 0.309. The number of rotatable bonds is 5. The molecule has 8 heteroatoms. The van der Waals surface area contributed by atoms with E-state index in [2.05, 4.69) is 50.6 Å². The molecule has 0 spiro atoms. The highest BCUT2D eigenvalue weighted by atomic mass is 16.2. The van der Waals surface area contributed by atoms with Crippen LogP contribution in [0.25, 0.3) is 33.2 Å². The van der Waals surface area contributed by atoms with Gasteiger partial charge in [-0.05, 0) is 73.3 Å². The molecule has 3 aromatic heterocycles. The Morgan fingerprint density at radius 2 is 1.81 bits per heavy atom. The molecule has 0 unspecified atom stereocenters. The molecule has 0 bridgehead atoms. The molecule has 2 aliphatic rings. The lowest BCUT2D eigenvalue weighted by Gasteiger charge is -2.36. The number of fused-ring (bicyclic) bond motifs is 1. The van der Waals surface area contributed by atoms with Gasteiger partial charge in [0.05, 0.1) is 11.7 Å². The third-order valence-corrected chi connectivity index (χ3v) is 7.70. The fourth-order valence-electron chi connectivity index (χ4n) is 5.54. The Morgan fingerprint density at radius 1 is 0.973 bits per heavy atom. The average Bonchev–Trinajstić information content (AvgIpc) is 3.39. The summed E-state index contributed by atoms with van der Waals surface area (Å²) < 4.78 is 1.81. The maximum Gasteiger partial charge on any atom is 0.222 e. The Morgan fingerprint density at radius 3 is 2.54 bits per heavy atom. The van der Waals surface area contributed by atoms with E-state index in [0.717, 1.165) is 91.1 Å². The van der Waals surface area contributed by atoms with Gasteiger partial charge in [0.1, 0.15) is 5.82 Å². The van der Waals surface area contributed by atoms with Gasteiger partial charge >= 0.3 is 0 Å². The summed E-state index contributed by atoms with van der Waals surface area (Å²) in [6, 6.07) is 12.6. The molecule has 6 rings (SSSR count). The van der Waals surface area contributed by atoms with E-state index in [0.29, 0.717) is 18.2 Å². The number of hydrogen-bond donors (Lipinski definition) is 1. The van der Waals surface area contributed by atoms with Crippen LogP contribution in [-0.4, -0.2) is 69.8 Å². The smallest absolute Gasteiger partial charge is 0.222 e. The van der Waals surface area contributed by atoms with E-state index in [-0.39, 0.29) is 0 Å². The van der Waals surface area contributed by atoms with Gasteiger partial charge in [-0.15, -0.1) is 0 Å². The topological polar surface area (TPSA) is 79.2 Å². The molecule has 37 heavy (non-hydrogen) atoms. The highest BCUT2D eigenvalue weighted by Gasteiger charge is 2.25. The molecule has 1 aromatic carbocycles. The van der Waals surface area contributed by atoms with Gasteiger partial charge in [-0.3, -0.25) is 14.5 Å². The summed E-state index contributed by atoms with van der Waals surface area (Å²) in [5.41, 5.74) is 5.27. The maximum absolute atomic E-state index is 12.8. The van der Waals surface area contributed by atoms with E-state index in [1.165, 1.54) is 0 Å². The van der Waals surface area contributed by atoms with Crippen molar-refractivity contribution in [3.8, 4) is 22.3 Å². The molecule has 5 heterocycles. The van der Waals surface area contributed by atoms with Crippen LogP contribution in [0, 0.1) is 5.92 Å². The maximum atomic E-state index is 12.8. The van der Waals surface area contributed by atoms with Crippen molar-refractivity contribution in [1.29, 1.82) is 0 Å². The third kappa shape index (κ3) is 5.06. The van der Waals surface area contributed by atoms with Crippen LogP contribution in [-0.2, 0) is 11.8 Å². The number of anilines is 1. The van der Waals surface area contributed by atoms with Gasteiger partial charge in [0.25, 0.3) is 0 Å². The first-order chi connectivity index (χ1) is 18.1. The van der Waals surface area contributed by atoms with Gasteiger partial charge in [-0.25, -0.2) is 4.98 Å². The summed E-state index contributed by atoms with van der Waals surface area (Å²) >= 11 is 0. The van der Waals surface area contributed by atoms with Crippen molar-refractivity contribution in [3.63, 3.8) is 0 Å². The van der Waals surface area contributed by atoms with Crippen LogP contribution in [0.3, 0.4) is 0 Å². The average molecular weight is 496 g/mol. The number of nitrogens with one attached hydrogen (secondary N) is 1. The van der Waals surface area contributed by atoms with Gasteiger partial charge in [0.2, 0.25) is 5.91 Å². The first-order valence-corrected chi connectivity index (χ1v) is 13.2. The van der Waals surface area contributed by atoms with Crippen LogP contribution in [0.5, 0.6) is 0 Å². The van der Waals surface area contributed by atoms with Crippen molar-refractivity contribution in [3.05, 3.63) is 61.2 Å². The second-order valence-corrected chi connectivity index (χ2v) is 10.2. The van der Waals surface area contributed by atoms with E-state index in [9.17, 15) is 4.79 Å². The van der Waals surface area contributed by atoms with Crippen LogP contribution in [0.2, 0.25) is 0 Å². The molecule has 0 aliphatic carbocycles. The first kappa shape index (κ1) is 23.6. The van der Waals surface area contributed by atoms with Gasteiger partial charge in [-0.2, -0.15) is 5.10 Å². The van der Waals surface area contributed by atoms with Crippen LogP contribution in [0.15, 0.2) is 61.2 Å². The monoisotopic (exact) mass is 495 g/mol. The standard InChI is InChI=1S/C29H33N7O/c1-34-20-24(19-33-34)23-16-26(25-3-2-8-31-27(25)17-23)22-4-5-28(32-18-22)35-11-13-36(14-12-35)29(37)15-21-6-9-30-10-7-21/h2-5,8,16-21,30H,6-7,9-15H2,1H3. The van der Waals surface area contributed by atoms with Crippen LogP contribution >= 0.6 is 0 Å². The molecule has 0 radical (unpaired) electrons. The number of pyridine rings is 2. The lowest BCUT2D eigenvalue weighted by molar-refractivity contribution is -0.132. The summed E-state index contributed by atoms with van der Waals surface area (Å²) in [5, 5.41) is 8.82. The molecular formula is C29H33N7O. The second-order valence-electron chi connectivity index (χ2n) is 10.2. The Hall–Kier alpha value is -3.78. The lowest BCUT2D eigenvalue weighted by Crippen LogP contribution is -2.49. The van der Waals surface area contributed by atoms with Crippen molar-refractivity contribution < 1.29 is 4.79 Å². The number of piperidine rings is 1. The van der Waals surface area contributed by atoms with Gasteiger partial charge in [0.15, 0.2) is 0 Å². The zero-order valence-corrected chi connectivity index (χ0v) is 21.3. The summed E-state index contributed by atoms with van der Waals surface area (Å²) in [6.45, 7) is 5.22. The Bertz CT molecular complexity index is 1380. The molecular weight excluding hydrogens is 462 g/mol. The number of carbonyl (C=O) groups is 1. The van der Waals surface area contributed by atoms with Gasteiger partial charge < -0.3 is 15.1 Å². The van der Waals surface area contributed by atoms with Crippen LogP contribution in [0.4, 0.5) is 5.82 Å². The normalized spacial score (nSPS) is 16.9. The number of nitrogens with zero attached hydrogens (tertiary/aromatic N) is 6. The molecule has 1 N–H and O–H groups in total. The van der Waals surface area contributed by atoms with Crippen LogP contribution < -0.4 is 10.2 Å². The van der Waals surface area contributed by atoms with Crippen molar-refractivity contribution in [2.24, 2.45) is 13.0 Å². The summed E-state index contributed by atoms with van der Waals surface area (Å²) in [4.78, 5) is 26.6.